The summed E-state index contributed by atoms with van der Waals surface area (Å²) in [7, 11) is 0. The maximum atomic E-state index is 12.0. The lowest BCUT2D eigenvalue weighted by atomic mass is 9.82. The summed E-state index contributed by atoms with van der Waals surface area (Å²) in [6.07, 6.45) is 2.42. The summed E-state index contributed by atoms with van der Waals surface area (Å²) in [5.41, 5.74) is 6.65. The number of guanidine groups is 1. The highest BCUT2D eigenvalue weighted by Crippen LogP contribution is 2.34. The minimum atomic E-state index is -0.400. The van der Waals surface area contributed by atoms with Gasteiger partial charge in [0, 0.05) is 24.0 Å². The molecule has 0 spiro atoms. The first-order chi connectivity index (χ1) is 15.3. The summed E-state index contributed by atoms with van der Waals surface area (Å²) in [5.74, 6) is -0.0179. The monoisotopic (exact) mass is 478 g/mol. The number of hydrogen-bond acceptors (Lipinski definition) is 5. The molecule has 0 saturated heterocycles. The van der Waals surface area contributed by atoms with Crippen molar-refractivity contribution in [3.8, 4) is 5.88 Å². The van der Waals surface area contributed by atoms with E-state index in [1.54, 1.807) is 18.2 Å². The second kappa shape index (κ2) is 11.0. The van der Waals surface area contributed by atoms with Gasteiger partial charge >= 0.3 is 6.03 Å². The summed E-state index contributed by atoms with van der Waals surface area (Å²) in [6.45, 7) is 2.69. The van der Waals surface area contributed by atoms with Crippen molar-refractivity contribution < 1.29 is 14.3 Å². The summed E-state index contributed by atoms with van der Waals surface area (Å²) in [6, 6.07) is 8.48. The Balaban J connectivity index is 1.68. The van der Waals surface area contributed by atoms with E-state index in [0.717, 1.165) is 5.56 Å². The van der Waals surface area contributed by atoms with Gasteiger partial charge in [-0.25, -0.2) is 14.8 Å². The predicted molar refractivity (Wildman–Crippen MR) is 123 cm³/mol. The Labute approximate surface area is 195 Å². The lowest BCUT2D eigenvalue weighted by Gasteiger charge is -2.32. The van der Waals surface area contributed by atoms with Crippen LogP contribution in [0.1, 0.15) is 25.3 Å². The highest BCUT2D eigenvalue weighted by atomic mass is 35.5. The molecule has 2 aromatic rings. The highest BCUT2D eigenvalue weighted by Gasteiger charge is 2.35. The molecule has 0 atom stereocenters. The number of hydrogen-bond donors (Lipinski definition) is 4. The molecule has 11 heteroatoms. The molecule has 3 rings (SSSR count). The fourth-order valence-electron chi connectivity index (χ4n) is 2.96. The third-order valence-electron chi connectivity index (χ3n) is 4.75. The van der Waals surface area contributed by atoms with Gasteiger partial charge in [-0.05, 0) is 43.5 Å². The minimum Gasteiger partial charge on any atom is -0.473 e. The smallest absolute Gasteiger partial charge is 0.321 e. The molecule has 1 saturated carbocycles. The first-order valence-electron chi connectivity index (χ1n) is 10.1. The molecule has 1 aliphatic carbocycles. The van der Waals surface area contributed by atoms with Gasteiger partial charge in [0.2, 0.25) is 17.7 Å². The minimum absolute atomic E-state index is 0.150. The SMILES string of the molecule is CCNC(=O)N/C(=N\c1cnc(O[C@H]2C[C@@H](C(N)=O)C2)c(Cl)c1)NCc1ccc(Cl)cc1. The molecular formula is C21H24Cl2N6O3. The van der Waals surface area contributed by atoms with Crippen LogP contribution in [0.25, 0.3) is 0 Å². The van der Waals surface area contributed by atoms with Crippen molar-refractivity contribution in [3.05, 3.63) is 52.1 Å². The van der Waals surface area contributed by atoms with Crippen LogP contribution >= 0.6 is 23.2 Å². The molecule has 0 aliphatic heterocycles. The number of nitrogens with zero attached hydrogens (tertiary/aromatic N) is 2. The van der Waals surface area contributed by atoms with Crippen LogP contribution in [-0.4, -0.2) is 35.5 Å². The topological polar surface area (TPSA) is 131 Å². The Morgan fingerprint density at radius 3 is 2.56 bits per heavy atom. The fourth-order valence-corrected chi connectivity index (χ4v) is 3.29. The van der Waals surface area contributed by atoms with Crippen molar-refractivity contribution in [1.29, 1.82) is 0 Å². The third-order valence-corrected chi connectivity index (χ3v) is 5.27. The molecule has 170 valence electrons. The molecule has 0 bridgehead atoms. The van der Waals surface area contributed by atoms with Gasteiger partial charge in [-0.3, -0.25) is 10.1 Å². The van der Waals surface area contributed by atoms with E-state index in [4.69, 9.17) is 33.7 Å². The number of benzene rings is 1. The maximum absolute atomic E-state index is 12.0. The molecule has 5 N–H and O–H groups in total. The van der Waals surface area contributed by atoms with Crippen LogP contribution in [-0.2, 0) is 11.3 Å². The highest BCUT2D eigenvalue weighted by molar-refractivity contribution is 6.32. The molecule has 1 aromatic carbocycles. The van der Waals surface area contributed by atoms with Crippen molar-refractivity contribution in [2.24, 2.45) is 16.6 Å². The Morgan fingerprint density at radius 2 is 1.94 bits per heavy atom. The largest absolute Gasteiger partial charge is 0.473 e. The number of amides is 3. The molecule has 0 radical (unpaired) electrons. The molecule has 32 heavy (non-hydrogen) atoms. The summed E-state index contributed by atoms with van der Waals surface area (Å²) >= 11 is 12.2. The van der Waals surface area contributed by atoms with Crippen LogP contribution in [0.4, 0.5) is 10.5 Å². The molecule has 1 heterocycles. The van der Waals surface area contributed by atoms with E-state index in [2.05, 4.69) is 25.9 Å². The first-order valence-corrected chi connectivity index (χ1v) is 10.8. The number of primary amides is 1. The molecule has 1 aliphatic rings. The lowest BCUT2D eigenvalue weighted by molar-refractivity contribution is -0.127. The third kappa shape index (κ3) is 6.73. The number of halogens is 2. The van der Waals surface area contributed by atoms with Gasteiger partial charge < -0.3 is 21.1 Å². The number of carbonyl (C=O) groups is 2. The number of urea groups is 1. The molecule has 9 nitrogen and oxygen atoms in total. The quantitative estimate of drug-likeness (QED) is 0.358. The van der Waals surface area contributed by atoms with E-state index in [-0.39, 0.29) is 34.8 Å². The molecular weight excluding hydrogens is 455 g/mol. The zero-order valence-electron chi connectivity index (χ0n) is 17.4. The number of aliphatic imine (C=N–C) groups is 1. The number of ether oxygens (including phenoxy) is 1. The van der Waals surface area contributed by atoms with Gasteiger partial charge in [-0.1, -0.05) is 35.3 Å². The van der Waals surface area contributed by atoms with E-state index in [9.17, 15) is 9.59 Å². The standard InChI is InChI=1S/C21H24Cl2N6O3/c1-2-25-21(31)29-20(27-10-12-3-5-14(22)6-4-12)28-15-9-17(23)19(26-11-15)32-16-7-13(8-16)18(24)30/h3-6,9,11,13,16H,2,7-8,10H2,1H3,(H2,24,30)(H3,25,27,28,29,31)/t13-,16+. The van der Waals surface area contributed by atoms with Gasteiger partial charge in [0.25, 0.3) is 0 Å². The van der Waals surface area contributed by atoms with Crippen molar-refractivity contribution in [2.75, 3.05) is 6.54 Å². The Bertz CT molecular complexity index is 994. The summed E-state index contributed by atoms with van der Waals surface area (Å²) < 4.78 is 5.73. The van der Waals surface area contributed by atoms with Gasteiger partial charge in [-0.15, -0.1) is 0 Å². The zero-order chi connectivity index (χ0) is 23.1. The molecule has 1 fully saturated rings. The Morgan fingerprint density at radius 1 is 1.22 bits per heavy atom. The average molecular weight is 479 g/mol. The average Bonchev–Trinajstić information content (AvgIpc) is 2.71. The van der Waals surface area contributed by atoms with Gasteiger partial charge in [0.05, 0.1) is 11.9 Å². The van der Waals surface area contributed by atoms with Crippen LogP contribution in [0.15, 0.2) is 41.5 Å². The van der Waals surface area contributed by atoms with Gasteiger partial charge in [-0.2, -0.15) is 0 Å². The Kier molecular flexibility index (Phi) is 8.13. The second-order valence-corrected chi connectivity index (χ2v) is 8.06. The van der Waals surface area contributed by atoms with Crippen LogP contribution in [0.3, 0.4) is 0 Å². The van der Waals surface area contributed by atoms with E-state index < -0.39 is 6.03 Å². The molecule has 3 amide bonds. The van der Waals surface area contributed by atoms with Gasteiger partial charge in [0.15, 0.2) is 0 Å². The zero-order valence-corrected chi connectivity index (χ0v) is 18.9. The second-order valence-electron chi connectivity index (χ2n) is 7.22. The van der Waals surface area contributed by atoms with E-state index in [1.807, 2.05) is 19.1 Å². The first kappa shape index (κ1) is 23.6. The van der Waals surface area contributed by atoms with Crippen molar-refractivity contribution in [3.63, 3.8) is 0 Å². The maximum Gasteiger partial charge on any atom is 0.321 e. The lowest BCUT2D eigenvalue weighted by Crippen LogP contribution is -2.45. The summed E-state index contributed by atoms with van der Waals surface area (Å²) in [5, 5.41) is 9.30. The number of pyridine rings is 1. The number of rotatable bonds is 7. The van der Waals surface area contributed by atoms with E-state index in [1.165, 1.54) is 6.20 Å². The van der Waals surface area contributed by atoms with Crippen molar-refractivity contribution >= 4 is 46.8 Å². The molecule has 1 aromatic heterocycles. The summed E-state index contributed by atoms with van der Waals surface area (Å²) in [4.78, 5) is 31.8. The fraction of sp³-hybridized carbons (Fsp3) is 0.333. The number of carbonyl (C=O) groups excluding carboxylic acids is 2. The van der Waals surface area contributed by atoms with Crippen LogP contribution in [0.5, 0.6) is 5.88 Å². The van der Waals surface area contributed by atoms with E-state index >= 15 is 0 Å². The van der Waals surface area contributed by atoms with Crippen LogP contribution < -0.4 is 26.4 Å². The van der Waals surface area contributed by atoms with Crippen molar-refractivity contribution in [2.45, 2.75) is 32.4 Å². The molecule has 0 unspecified atom stereocenters. The van der Waals surface area contributed by atoms with Gasteiger partial charge in [0.1, 0.15) is 11.1 Å². The normalized spacial score (nSPS) is 17.8. The number of nitrogens with one attached hydrogen (secondary N) is 3. The Hall–Kier alpha value is -3.04. The van der Waals surface area contributed by atoms with Crippen LogP contribution in [0, 0.1) is 5.92 Å². The van der Waals surface area contributed by atoms with Crippen molar-refractivity contribution in [1.82, 2.24) is 20.9 Å². The number of aromatic nitrogens is 1. The van der Waals surface area contributed by atoms with E-state index in [0.29, 0.717) is 36.6 Å². The predicted octanol–water partition coefficient (Wildman–Crippen LogP) is 3.13. The number of nitrogens with two attached hydrogens (primary N) is 1. The van der Waals surface area contributed by atoms with Crippen LogP contribution in [0.2, 0.25) is 10.0 Å².